The Bertz CT molecular complexity index is 1000. The quantitative estimate of drug-likeness (QED) is 0.566. The number of amides is 1. The van der Waals surface area contributed by atoms with E-state index in [1.165, 1.54) is 18.3 Å². The molecule has 1 aromatic carbocycles. The van der Waals surface area contributed by atoms with E-state index >= 15 is 0 Å². The normalized spacial score (nSPS) is 10.9. The molecule has 0 fully saturated rings. The van der Waals surface area contributed by atoms with Gasteiger partial charge in [0.05, 0.1) is 11.2 Å². The molecule has 1 N–H and O–H groups in total. The van der Waals surface area contributed by atoms with E-state index in [0.29, 0.717) is 41.1 Å². The molecule has 0 saturated carbocycles. The fourth-order valence-electron chi connectivity index (χ4n) is 2.92. The zero-order chi connectivity index (χ0) is 18.7. The number of nitrogens with one attached hydrogen (secondary N) is 1. The first-order chi connectivity index (χ1) is 12.5. The van der Waals surface area contributed by atoms with Crippen molar-refractivity contribution < 1.29 is 9.18 Å². The molecule has 0 atom stereocenters. The number of hydrogen-bond donors (Lipinski definition) is 1. The monoisotopic (exact) mass is 351 g/mol. The van der Waals surface area contributed by atoms with E-state index in [4.69, 9.17) is 5.26 Å². The Balaban J connectivity index is 2.06. The number of carbonyl (C=O) groups excluding carboxylic acids is 1. The molecule has 132 valence electrons. The molecule has 6 nitrogen and oxygen atoms in total. The van der Waals surface area contributed by atoms with Gasteiger partial charge in [0.2, 0.25) is 0 Å². The predicted octanol–water partition coefficient (Wildman–Crippen LogP) is 3.03. The van der Waals surface area contributed by atoms with Crippen LogP contribution < -0.4 is 5.32 Å². The summed E-state index contributed by atoms with van der Waals surface area (Å²) in [6.07, 6.45) is 5.00. The minimum absolute atomic E-state index is 0.313. The molecule has 0 radical (unpaired) electrons. The first kappa shape index (κ1) is 17.5. The van der Waals surface area contributed by atoms with Crippen molar-refractivity contribution >= 4 is 16.8 Å². The molecule has 0 unspecified atom stereocenters. The number of nitrogens with zero attached hydrogens (tertiary/aromatic N) is 4. The van der Waals surface area contributed by atoms with Crippen LogP contribution in [0.25, 0.3) is 10.9 Å². The maximum absolute atomic E-state index is 13.8. The van der Waals surface area contributed by atoms with Gasteiger partial charge in [-0.2, -0.15) is 10.4 Å². The lowest BCUT2D eigenvalue weighted by molar-refractivity contribution is 0.0972. The van der Waals surface area contributed by atoms with Gasteiger partial charge >= 0.3 is 0 Å². The van der Waals surface area contributed by atoms with Crippen LogP contribution in [0.1, 0.15) is 35.5 Å². The van der Waals surface area contributed by atoms with Gasteiger partial charge in [0.25, 0.3) is 5.91 Å². The lowest BCUT2D eigenvalue weighted by atomic mass is 10.0. The highest BCUT2D eigenvalue weighted by molar-refractivity contribution is 5.96. The van der Waals surface area contributed by atoms with Gasteiger partial charge in [-0.25, -0.2) is 4.39 Å². The summed E-state index contributed by atoms with van der Waals surface area (Å²) in [4.78, 5) is 16.1. The molecule has 26 heavy (non-hydrogen) atoms. The fourth-order valence-corrected chi connectivity index (χ4v) is 2.92. The SMILES string of the molecule is CC(C)Cn1nc(Cc2cnccc2C(=O)NC#N)c2cc(F)ccc21. The van der Waals surface area contributed by atoms with Crippen molar-refractivity contribution in [3.8, 4) is 6.19 Å². The lowest BCUT2D eigenvalue weighted by Crippen LogP contribution is -2.19. The molecule has 0 aliphatic carbocycles. The third-order valence-corrected chi connectivity index (χ3v) is 4.00. The van der Waals surface area contributed by atoms with Crippen LogP contribution in [0, 0.1) is 23.2 Å². The number of fused-ring (bicyclic) bond motifs is 1. The van der Waals surface area contributed by atoms with E-state index in [1.807, 2.05) is 4.68 Å². The molecular formula is C19H18FN5O. The van der Waals surface area contributed by atoms with Crippen molar-refractivity contribution in [3.05, 3.63) is 59.3 Å². The standard InChI is InChI=1S/C19H18FN5O/c1-12(2)10-25-18-4-3-14(20)8-16(18)17(24-25)7-13-9-22-6-5-15(13)19(26)23-11-21/h3-6,8-9,12H,7,10H2,1-2H3,(H,23,26). The zero-order valence-electron chi connectivity index (χ0n) is 14.5. The summed E-state index contributed by atoms with van der Waals surface area (Å²) in [6.45, 7) is 4.88. The number of pyridine rings is 1. The van der Waals surface area contributed by atoms with Gasteiger partial charge in [-0.1, -0.05) is 13.8 Å². The van der Waals surface area contributed by atoms with E-state index in [-0.39, 0.29) is 5.82 Å². The Morgan fingerprint density at radius 3 is 2.92 bits per heavy atom. The summed E-state index contributed by atoms with van der Waals surface area (Å²) in [5.74, 6) is -0.454. The molecule has 7 heteroatoms. The summed E-state index contributed by atoms with van der Waals surface area (Å²) < 4.78 is 15.6. The van der Waals surface area contributed by atoms with Crippen LogP contribution in [-0.4, -0.2) is 20.7 Å². The Morgan fingerprint density at radius 1 is 1.38 bits per heavy atom. The number of carbonyl (C=O) groups is 1. The minimum atomic E-state index is -0.498. The van der Waals surface area contributed by atoms with Gasteiger partial charge in [-0.15, -0.1) is 0 Å². The average molecular weight is 351 g/mol. The summed E-state index contributed by atoms with van der Waals surface area (Å²) in [6, 6.07) is 6.15. The molecule has 0 saturated heterocycles. The van der Waals surface area contributed by atoms with Crippen LogP contribution >= 0.6 is 0 Å². The molecule has 0 bridgehead atoms. The lowest BCUT2D eigenvalue weighted by Gasteiger charge is -2.06. The maximum Gasteiger partial charge on any atom is 0.264 e. The van der Waals surface area contributed by atoms with E-state index in [2.05, 4.69) is 29.2 Å². The smallest absolute Gasteiger partial charge is 0.264 e. The Kier molecular flexibility index (Phi) is 4.94. The highest BCUT2D eigenvalue weighted by atomic mass is 19.1. The van der Waals surface area contributed by atoms with Crippen molar-refractivity contribution in [3.63, 3.8) is 0 Å². The summed E-state index contributed by atoms with van der Waals surface area (Å²) >= 11 is 0. The number of nitriles is 1. The van der Waals surface area contributed by atoms with Crippen LogP contribution in [0.4, 0.5) is 4.39 Å². The Hall–Kier alpha value is -3.27. The van der Waals surface area contributed by atoms with Crippen molar-refractivity contribution in [1.29, 1.82) is 5.26 Å². The van der Waals surface area contributed by atoms with E-state index in [1.54, 1.807) is 24.5 Å². The number of rotatable bonds is 5. The van der Waals surface area contributed by atoms with Crippen LogP contribution in [0.15, 0.2) is 36.7 Å². The average Bonchev–Trinajstić information content (AvgIpc) is 2.91. The molecule has 0 aliphatic heterocycles. The molecule has 3 aromatic rings. The van der Waals surface area contributed by atoms with Crippen LogP contribution in [-0.2, 0) is 13.0 Å². The Labute approximate surface area is 150 Å². The topological polar surface area (TPSA) is 83.6 Å². The van der Waals surface area contributed by atoms with Gasteiger partial charge in [-0.3, -0.25) is 19.8 Å². The van der Waals surface area contributed by atoms with Crippen molar-refractivity contribution in [2.45, 2.75) is 26.8 Å². The number of hydrogen-bond acceptors (Lipinski definition) is 4. The number of benzene rings is 1. The summed E-state index contributed by atoms with van der Waals surface area (Å²) in [5, 5.41) is 16.1. The third kappa shape index (κ3) is 3.54. The molecule has 0 spiro atoms. The van der Waals surface area contributed by atoms with Gasteiger partial charge in [0.1, 0.15) is 5.82 Å². The van der Waals surface area contributed by atoms with Crippen molar-refractivity contribution in [2.75, 3.05) is 0 Å². The second-order valence-corrected chi connectivity index (χ2v) is 6.46. The molecule has 2 heterocycles. The van der Waals surface area contributed by atoms with Gasteiger partial charge in [-0.05, 0) is 35.7 Å². The molecule has 0 aliphatic rings. The fraction of sp³-hybridized carbons (Fsp3) is 0.263. The highest BCUT2D eigenvalue weighted by Crippen LogP contribution is 2.24. The second-order valence-electron chi connectivity index (χ2n) is 6.46. The highest BCUT2D eigenvalue weighted by Gasteiger charge is 2.17. The zero-order valence-corrected chi connectivity index (χ0v) is 14.5. The van der Waals surface area contributed by atoms with Gasteiger partial charge < -0.3 is 0 Å². The van der Waals surface area contributed by atoms with E-state index in [0.717, 1.165) is 5.52 Å². The van der Waals surface area contributed by atoms with Crippen molar-refractivity contribution in [2.24, 2.45) is 5.92 Å². The minimum Gasteiger partial charge on any atom is -0.268 e. The molecular weight excluding hydrogens is 333 g/mol. The summed E-state index contributed by atoms with van der Waals surface area (Å²) in [7, 11) is 0. The van der Waals surface area contributed by atoms with Gasteiger partial charge in [0, 0.05) is 36.3 Å². The maximum atomic E-state index is 13.8. The first-order valence-corrected chi connectivity index (χ1v) is 8.27. The predicted molar refractivity (Wildman–Crippen MR) is 94.7 cm³/mol. The molecule has 2 aromatic heterocycles. The summed E-state index contributed by atoms with van der Waals surface area (Å²) in [5.41, 5.74) is 2.49. The van der Waals surface area contributed by atoms with E-state index < -0.39 is 5.91 Å². The van der Waals surface area contributed by atoms with Crippen LogP contribution in [0.5, 0.6) is 0 Å². The third-order valence-electron chi connectivity index (χ3n) is 4.00. The van der Waals surface area contributed by atoms with Crippen molar-refractivity contribution in [1.82, 2.24) is 20.1 Å². The van der Waals surface area contributed by atoms with E-state index in [9.17, 15) is 9.18 Å². The molecule has 3 rings (SSSR count). The number of halogens is 1. The largest absolute Gasteiger partial charge is 0.268 e. The first-order valence-electron chi connectivity index (χ1n) is 8.27. The van der Waals surface area contributed by atoms with Crippen LogP contribution in [0.3, 0.4) is 0 Å². The Morgan fingerprint density at radius 2 is 2.19 bits per heavy atom. The number of aromatic nitrogens is 3. The molecule has 1 amide bonds. The van der Waals surface area contributed by atoms with Crippen LogP contribution in [0.2, 0.25) is 0 Å². The second kappa shape index (κ2) is 7.31. The van der Waals surface area contributed by atoms with Gasteiger partial charge in [0.15, 0.2) is 6.19 Å².